The van der Waals surface area contributed by atoms with Crippen molar-refractivity contribution in [2.45, 2.75) is 11.8 Å². The molecular weight excluding hydrogens is 196 g/mol. The summed E-state index contributed by atoms with van der Waals surface area (Å²) in [4.78, 5) is 0.674. The molecule has 0 unspecified atom stereocenters. The highest BCUT2D eigenvalue weighted by molar-refractivity contribution is 8.53. The maximum absolute atomic E-state index is 9.29. The fourth-order valence-electron chi connectivity index (χ4n) is 0.710. The molecule has 0 amide bonds. The Morgan fingerprint density at radius 3 is 2.00 bits per heavy atom. The Bertz CT molecular complexity index is 336. The van der Waals surface area contributed by atoms with E-state index in [1.54, 1.807) is 12.1 Å². The summed E-state index contributed by atoms with van der Waals surface area (Å²) in [6.07, 6.45) is 0. The van der Waals surface area contributed by atoms with Crippen LogP contribution in [0.1, 0.15) is 5.56 Å². The molecule has 0 saturated carbocycles. The van der Waals surface area contributed by atoms with Crippen LogP contribution in [0.4, 0.5) is 0 Å². The minimum absolute atomic E-state index is 0.674. The van der Waals surface area contributed by atoms with Crippen molar-refractivity contribution in [3.8, 4) is 0 Å². The van der Waals surface area contributed by atoms with E-state index in [2.05, 4.69) is 0 Å². The number of rotatable bonds is 1. The second kappa shape index (κ2) is 3.15. The Kier molecular flexibility index (Phi) is 2.59. The zero-order valence-corrected chi connectivity index (χ0v) is 8.43. The van der Waals surface area contributed by atoms with Crippen LogP contribution in [-0.4, -0.2) is 4.55 Å². The lowest BCUT2D eigenvalue weighted by atomic mass is 10.2. The van der Waals surface area contributed by atoms with Crippen LogP contribution < -0.4 is 0 Å². The standard InChI is InChI=1S/C7H8OS3/c1-6-2-4-7(5-3-6)11(8,9)10/h2-5H,1H3,(H,8,9,10). The average molecular weight is 204 g/mol. The van der Waals surface area contributed by atoms with Gasteiger partial charge in [0.1, 0.15) is 0 Å². The lowest BCUT2D eigenvalue weighted by molar-refractivity contribution is 0.654. The van der Waals surface area contributed by atoms with E-state index in [4.69, 9.17) is 22.4 Å². The fourth-order valence-corrected chi connectivity index (χ4v) is 1.86. The summed E-state index contributed by atoms with van der Waals surface area (Å²) in [5, 5.41) is 0. The third kappa shape index (κ3) is 2.48. The molecule has 4 heteroatoms. The molecule has 1 N–H and O–H groups in total. The molecule has 0 spiro atoms. The van der Waals surface area contributed by atoms with Crippen LogP contribution in [-0.2, 0) is 29.8 Å². The smallest absolute Gasteiger partial charge is 0.0439 e. The molecule has 1 rings (SSSR count). The Balaban J connectivity index is 3.20. The molecule has 11 heavy (non-hydrogen) atoms. The van der Waals surface area contributed by atoms with E-state index in [9.17, 15) is 4.55 Å². The summed E-state index contributed by atoms with van der Waals surface area (Å²) < 4.78 is 9.29. The van der Waals surface area contributed by atoms with E-state index < -0.39 is 7.43 Å². The Morgan fingerprint density at radius 2 is 1.64 bits per heavy atom. The molecule has 0 bridgehead atoms. The Labute approximate surface area is 76.1 Å². The predicted octanol–water partition coefficient (Wildman–Crippen LogP) is 1.90. The Morgan fingerprint density at radius 1 is 1.18 bits per heavy atom. The van der Waals surface area contributed by atoms with Crippen LogP contribution in [0.2, 0.25) is 0 Å². The molecular formula is C7H8OS3. The molecule has 0 aliphatic heterocycles. The number of aryl methyl sites for hydroxylation is 1. The normalized spacial score (nSPS) is 11.5. The number of benzene rings is 1. The van der Waals surface area contributed by atoms with Gasteiger partial charge in [-0.05, 0) is 41.4 Å². The summed E-state index contributed by atoms with van der Waals surface area (Å²) in [6, 6.07) is 7.35. The topological polar surface area (TPSA) is 20.2 Å². The van der Waals surface area contributed by atoms with Gasteiger partial charge < -0.3 is 4.55 Å². The van der Waals surface area contributed by atoms with E-state index in [-0.39, 0.29) is 0 Å². The molecule has 0 radical (unpaired) electrons. The summed E-state index contributed by atoms with van der Waals surface area (Å²) in [5.41, 5.74) is 1.14. The molecule has 0 saturated heterocycles. The largest absolute Gasteiger partial charge is 0.322 e. The van der Waals surface area contributed by atoms with Gasteiger partial charge in [0, 0.05) is 12.3 Å². The van der Waals surface area contributed by atoms with Crippen LogP contribution in [0.25, 0.3) is 0 Å². The molecule has 1 aromatic carbocycles. The summed E-state index contributed by atoms with van der Waals surface area (Å²) in [6.45, 7) is 1.98. The van der Waals surface area contributed by atoms with Gasteiger partial charge in [-0.15, -0.1) is 0 Å². The van der Waals surface area contributed by atoms with Crippen LogP contribution >= 0.6 is 0 Å². The highest BCUT2D eigenvalue weighted by Crippen LogP contribution is 2.09. The first-order valence-electron chi connectivity index (χ1n) is 3.04. The van der Waals surface area contributed by atoms with Crippen molar-refractivity contribution < 1.29 is 4.55 Å². The summed E-state index contributed by atoms with van der Waals surface area (Å²) >= 11 is 9.50. The van der Waals surface area contributed by atoms with Crippen molar-refractivity contribution in [3.63, 3.8) is 0 Å². The third-order valence-electron chi connectivity index (χ3n) is 1.32. The minimum atomic E-state index is -2.35. The second-order valence-electron chi connectivity index (χ2n) is 2.29. The first-order valence-corrected chi connectivity index (χ1v) is 6.48. The fraction of sp³-hybridized carbons (Fsp3) is 0.143. The zero-order valence-electron chi connectivity index (χ0n) is 5.98. The van der Waals surface area contributed by atoms with Crippen molar-refractivity contribution >= 4 is 29.8 Å². The number of hydrogen-bond donors (Lipinski definition) is 1. The van der Waals surface area contributed by atoms with Crippen LogP contribution in [0.5, 0.6) is 0 Å². The molecule has 0 aromatic heterocycles. The van der Waals surface area contributed by atoms with E-state index in [0.717, 1.165) is 5.56 Å². The van der Waals surface area contributed by atoms with Gasteiger partial charge in [0.25, 0.3) is 0 Å². The van der Waals surface area contributed by atoms with Gasteiger partial charge in [-0.3, -0.25) is 0 Å². The van der Waals surface area contributed by atoms with Crippen molar-refractivity contribution in [1.29, 1.82) is 0 Å². The van der Waals surface area contributed by atoms with Crippen LogP contribution in [0, 0.1) is 6.92 Å². The van der Waals surface area contributed by atoms with Gasteiger partial charge in [-0.2, -0.15) is 0 Å². The molecule has 0 aliphatic carbocycles. The van der Waals surface area contributed by atoms with Crippen molar-refractivity contribution in [3.05, 3.63) is 29.8 Å². The monoisotopic (exact) mass is 204 g/mol. The second-order valence-corrected chi connectivity index (χ2v) is 7.24. The molecule has 1 nitrogen and oxygen atoms in total. The lowest BCUT2D eigenvalue weighted by Crippen LogP contribution is -1.93. The van der Waals surface area contributed by atoms with Crippen LogP contribution in [0.3, 0.4) is 0 Å². The van der Waals surface area contributed by atoms with Gasteiger partial charge in [-0.1, -0.05) is 17.7 Å². The number of hydrogen-bond acceptors (Lipinski definition) is 2. The first kappa shape index (κ1) is 9.06. The average Bonchev–Trinajstić information content (AvgIpc) is 1.86. The maximum Gasteiger partial charge on any atom is 0.0439 e. The van der Waals surface area contributed by atoms with Crippen LogP contribution in [0.15, 0.2) is 29.2 Å². The first-order chi connectivity index (χ1) is 5.00. The van der Waals surface area contributed by atoms with E-state index >= 15 is 0 Å². The molecule has 0 fully saturated rings. The van der Waals surface area contributed by atoms with Gasteiger partial charge >= 0.3 is 0 Å². The molecule has 1 aromatic rings. The maximum atomic E-state index is 9.29. The molecule has 0 aliphatic rings. The van der Waals surface area contributed by atoms with Gasteiger partial charge in [0.2, 0.25) is 0 Å². The quantitative estimate of drug-likeness (QED) is 0.754. The molecule has 0 heterocycles. The van der Waals surface area contributed by atoms with Gasteiger partial charge in [0.15, 0.2) is 0 Å². The SMILES string of the molecule is Cc1ccc(S(O)(=S)=S)cc1. The van der Waals surface area contributed by atoms with Crippen molar-refractivity contribution in [2.24, 2.45) is 0 Å². The highest BCUT2D eigenvalue weighted by atomic mass is 33.1. The van der Waals surface area contributed by atoms with Gasteiger partial charge in [0.05, 0.1) is 0 Å². The third-order valence-corrected chi connectivity index (χ3v) is 3.34. The van der Waals surface area contributed by atoms with E-state index in [0.29, 0.717) is 4.90 Å². The molecule has 60 valence electrons. The van der Waals surface area contributed by atoms with Crippen molar-refractivity contribution in [1.82, 2.24) is 0 Å². The molecule has 0 atom stereocenters. The zero-order chi connectivity index (χ0) is 8.48. The van der Waals surface area contributed by atoms with E-state index in [1.807, 2.05) is 19.1 Å². The van der Waals surface area contributed by atoms with Gasteiger partial charge in [-0.25, -0.2) is 0 Å². The summed E-state index contributed by atoms with van der Waals surface area (Å²) in [7, 11) is -2.35. The summed E-state index contributed by atoms with van der Waals surface area (Å²) in [5.74, 6) is 0. The minimum Gasteiger partial charge on any atom is -0.322 e. The highest BCUT2D eigenvalue weighted by Gasteiger charge is 1.98. The van der Waals surface area contributed by atoms with Crippen molar-refractivity contribution in [2.75, 3.05) is 0 Å². The Hall–Kier alpha value is -0.0300. The lowest BCUT2D eigenvalue weighted by Gasteiger charge is -2.01. The van der Waals surface area contributed by atoms with E-state index in [1.165, 1.54) is 0 Å². The predicted molar refractivity (Wildman–Crippen MR) is 54.2 cm³/mol.